The van der Waals surface area contributed by atoms with Gasteiger partial charge < -0.3 is 10.1 Å². The molecule has 0 radical (unpaired) electrons. The van der Waals surface area contributed by atoms with Gasteiger partial charge in [0.15, 0.2) is 0 Å². The van der Waals surface area contributed by atoms with Crippen LogP contribution in [0.1, 0.15) is 29.7 Å². The Morgan fingerprint density at radius 1 is 1.09 bits per heavy atom. The van der Waals surface area contributed by atoms with E-state index in [9.17, 15) is 17.6 Å². The average molecular weight is 505 g/mol. The molecule has 0 heterocycles. The van der Waals surface area contributed by atoms with Crippen molar-refractivity contribution in [3.8, 4) is 5.75 Å². The van der Waals surface area contributed by atoms with Crippen LogP contribution in [0.5, 0.6) is 5.75 Å². The topological polar surface area (TPSA) is 75.7 Å². The fourth-order valence-corrected chi connectivity index (χ4v) is 5.08. The Kier molecular flexibility index (Phi) is 8.30. The number of para-hydroxylation sites is 1. The first kappa shape index (κ1) is 25.7. The number of sulfonamides is 1. The number of carbonyl (C=O) groups is 1. The van der Waals surface area contributed by atoms with Gasteiger partial charge in [0.25, 0.3) is 0 Å². The van der Waals surface area contributed by atoms with E-state index in [2.05, 4.69) is 5.32 Å². The molecule has 180 valence electrons. The van der Waals surface area contributed by atoms with Gasteiger partial charge >= 0.3 is 0 Å². The minimum Gasteiger partial charge on any atom is -0.496 e. The second kappa shape index (κ2) is 11.0. The summed E-state index contributed by atoms with van der Waals surface area (Å²) in [6, 6.07) is 17.1. The van der Waals surface area contributed by atoms with Crippen LogP contribution >= 0.6 is 11.6 Å². The van der Waals surface area contributed by atoms with Gasteiger partial charge in [-0.15, -0.1) is 0 Å². The first-order valence-electron chi connectivity index (χ1n) is 10.6. The van der Waals surface area contributed by atoms with Crippen molar-refractivity contribution in [3.63, 3.8) is 0 Å². The quantitative estimate of drug-likeness (QED) is 0.451. The molecule has 1 amide bonds. The van der Waals surface area contributed by atoms with Gasteiger partial charge in [0.2, 0.25) is 15.9 Å². The molecule has 34 heavy (non-hydrogen) atoms. The van der Waals surface area contributed by atoms with Crippen LogP contribution in [0.4, 0.5) is 4.39 Å². The molecule has 3 rings (SSSR count). The predicted molar refractivity (Wildman–Crippen MR) is 130 cm³/mol. The normalized spacial score (nSPS) is 12.4. The zero-order valence-corrected chi connectivity index (χ0v) is 20.7. The highest BCUT2D eigenvalue weighted by Crippen LogP contribution is 2.26. The molecular formula is C25H26ClFN2O4S. The lowest BCUT2D eigenvalue weighted by Crippen LogP contribution is -2.41. The Morgan fingerprint density at radius 2 is 1.76 bits per heavy atom. The lowest BCUT2D eigenvalue weighted by atomic mass is 10.1. The van der Waals surface area contributed by atoms with Crippen molar-refractivity contribution in [2.24, 2.45) is 0 Å². The van der Waals surface area contributed by atoms with Gasteiger partial charge in [0.05, 0.1) is 24.6 Å². The number of aryl methyl sites for hydroxylation is 1. The molecule has 1 N–H and O–H groups in total. The molecule has 0 saturated carbocycles. The van der Waals surface area contributed by atoms with Crippen molar-refractivity contribution >= 4 is 27.5 Å². The number of hydrogen-bond acceptors (Lipinski definition) is 4. The first-order valence-corrected chi connectivity index (χ1v) is 12.4. The molecule has 0 aliphatic carbocycles. The maximum Gasteiger partial charge on any atom is 0.243 e. The zero-order chi connectivity index (χ0) is 24.9. The van der Waals surface area contributed by atoms with Crippen LogP contribution in [0, 0.1) is 12.7 Å². The standard InChI is InChI=1S/C25H26ClFN2O4S/c1-17-11-13-19(14-12-17)34(31,32)29(15-21-22(26)8-6-9-23(21)27)16-25(30)28-18(2)20-7-4-5-10-24(20)33-3/h4-14,18H,15-16H2,1-3H3,(H,28,30). The summed E-state index contributed by atoms with van der Waals surface area (Å²) in [5, 5.41) is 2.87. The zero-order valence-electron chi connectivity index (χ0n) is 19.1. The molecule has 0 fully saturated rings. The summed E-state index contributed by atoms with van der Waals surface area (Å²) in [5.74, 6) is -0.612. The Hall–Kier alpha value is -2.94. The van der Waals surface area contributed by atoms with Gasteiger partial charge in [-0.25, -0.2) is 12.8 Å². The molecule has 0 aliphatic heterocycles. The Labute approximate surface area is 204 Å². The van der Waals surface area contributed by atoms with E-state index >= 15 is 0 Å². The lowest BCUT2D eigenvalue weighted by molar-refractivity contribution is -0.122. The number of carbonyl (C=O) groups excluding carboxylic acids is 1. The van der Waals surface area contributed by atoms with E-state index in [1.54, 1.807) is 25.1 Å². The third-order valence-electron chi connectivity index (χ3n) is 5.36. The van der Waals surface area contributed by atoms with Crippen LogP contribution in [0.2, 0.25) is 5.02 Å². The van der Waals surface area contributed by atoms with Crippen molar-refractivity contribution in [1.29, 1.82) is 0 Å². The van der Waals surface area contributed by atoms with Crippen LogP contribution in [-0.2, 0) is 21.4 Å². The van der Waals surface area contributed by atoms with Crippen LogP contribution in [0.25, 0.3) is 0 Å². The Bertz CT molecular complexity index is 1250. The highest BCUT2D eigenvalue weighted by Gasteiger charge is 2.29. The van der Waals surface area contributed by atoms with Crippen LogP contribution in [0.3, 0.4) is 0 Å². The number of rotatable bonds is 9. The first-order chi connectivity index (χ1) is 16.1. The van der Waals surface area contributed by atoms with E-state index in [1.165, 1.54) is 37.4 Å². The second-order valence-corrected chi connectivity index (χ2v) is 10.2. The number of nitrogens with zero attached hydrogens (tertiary/aromatic N) is 1. The minimum atomic E-state index is -4.14. The van der Waals surface area contributed by atoms with Crippen LogP contribution in [0.15, 0.2) is 71.6 Å². The van der Waals surface area contributed by atoms with Gasteiger partial charge in [0, 0.05) is 22.7 Å². The minimum absolute atomic E-state index is 0.00358. The fraction of sp³-hybridized carbons (Fsp3) is 0.240. The SMILES string of the molecule is COc1ccccc1C(C)NC(=O)CN(Cc1c(F)cccc1Cl)S(=O)(=O)c1ccc(C)cc1. The van der Waals surface area contributed by atoms with E-state index < -0.39 is 40.9 Å². The predicted octanol–water partition coefficient (Wildman–Crippen LogP) is 4.86. The summed E-state index contributed by atoms with van der Waals surface area (Å²) in [6.07, 6.45) is 0. The van der Waals surface area contributed by atoms with Crippen molar-refractivity contribution < 1.29 is 22.3 Å². The highest BCUT2D eigenvalue weighted by molar-refractivity contribution is 7.89. The molecule has 0 aromatic heterocycles. The molecule has 0 spiro atoms. The fourth-order valence-electron chi connectivity index (χ4n) is 3.49. The molecule has 6 nitrogen and oxygen atoms in total. The molecule has 0 saturated heterocycles. The summed E-state index contributed by atoms with van der Waals surface area (Å²) in [4.78, 5) is 12.9. The summed E-state index contributed by atoms with van der Waals surface area (Å²) < 4.78 is 47.6. The monoisotopic (exact) mass is 504 g/mol. The summed E-state index contributed by atoms with van der Waals surface area (Å²) >= 11 is 6.15. The molecule has 3 aromatic carbocycles. The largest absolute Gasteiger partial charge is 0.496 e. The highest BCUT2D eigenvalue weighted by atomic mass is 35.5. The van der Waals surface area contributed by atoms with Gasteiger partial charge in [-0.1, -0.05) is 53.6 Å². The average Bonchev–Trinajstić information content (AvgIpc) is 2.80. The number of nitrogens with one attached hydrogen (secondary N) is 1. The van der Waals surface area contributed by atoms with Gasteiger partial charge in [-0.05, 0) is 44.2 Å². The van der Waals surface area contributed by atoms with Crippen LogP contribution < -0.4 is 10.1 Å². The van der Waals surface area contributed by atoms with E-state index in [0.29, 0.717) is 5.75 Å². The van der Waals surface area contributed by atoms with E-state index in [0.717, 1.165) is 15.4 Å². The van der Waals surface area contributed by atoms with Gasteiger partial charge in [-0.3, -0.25) is 4.79 Å². The Balaban J connectivity index is 1.90. The molecule has 0 aliphatic rings. The summed E-state index contributed by atoms with van der Waals surface area (Å²) in [5.41, 5.74) is 1.61. The second-order valence-electron chi connectivity index (χ2n) is 7.82. The third-order valence-corrected chi connectivity index (χ3v) is 7.52. The van der Waals surface area contributed by atoms with Crippen molar-refractivity contribution in [1.82, 2.24) is 9.62 Å². The maximum absolute atomic E-state index is 14.5. The van der Waals surface area contributed by atoms with Crippen molar-refractivity contribution in [3.05, 3.63) is 94.3 Å². The summed E-state index contributed by atoms with van der Waals surface area (Å²) in [6.45, 7) is 2.67. The van der Waals surface area contributed by atoms with E-state index in [4.69, 9.17) is 16.3 Å². The number of ether oxygens (including phenoxy) is 1. The third kappa shape index (κ3) is 5.94. The maximum atomic E-state index is 14.5. The lowest BCUT2D eigenvalue weighted by Gasteiger charge is -2.24. The number of halogens is 2. The molecule has 0 bridgehead atoms. The van der Waals surface area contributed by atoms with Gasteiger partial charge in [0.1, 0.15) is 11.6 Å². The summed E-state index contributed by atoms with van der Waals surface area (Å²) in [7, 11) is -2.61. The van der Waals surface area contributed by atoms with Gasteiger partial charge in [-0.2, -0.15) is 4.31 Å². The van der Waals surface area contributed by atoms with Crippen LogP contribution in [-0.4, -0.2) is 32.3 Å². The number of methoxy groups -OCH3 is 1. The number of benzene rings is 3. The van der Waals surface area contributed by atoms with E-state index in [-0.39, 0.29) is 15.5 Å². The molecule has 3 aromatic rings. The molecular weight excluding hydrogens is 479 g/mol. The molecule has 1 unspecified atom stereocenters. The van der Waals surface area contributed by atoms with Crippen molar-refractivity contribution in [2.75, 3.05) is 13.7 Å². The Morgan fingerprint density at radius 3 is 2.41 bits per heavy atom. The molecule has 1 atom stereocenters. The number of amides is 1. The smallest absolute Gasteiger partial charge is 0.243 e. The molecule has 9 heteroatoms. The van der Waals surface area contributed by atoms with E-state index in [1.807, 2.05) is 25.1 Å². The van der Waals surface area contributed by atoms with Crippen molar-refractivity contribution in [2.45, 2.75) is 31.3 Å². The number of hydrogen-bond donors (Lipinski definition) is 1.